The van der Waals surface area contributed by atoms with E-state index in [-0.39, 0.29) is 0 Å². The van der Waals surface area contributed by atoms with Gasteiger partial charge >= 0.3 is 0 Å². The van der Waals surface area contributed by atoms with Crippen molar-refractivity contribution >= 4 is 29.2 Å². The van der Waals surface area contributed by atoms with E-state index < -0.39 is 0 Å². The summed E-state index contributed by atoms with van der Waals surface area (Å²) in [6, 6.07) is 9.32. The molecule has 0 fully saturated rings. The topological polar surface area (TPSA) is 67.8 Å². The van der Waals surface area contributed by atoms with Crippen LogP contribution in [0.2, 0.25) is 0 Å². The van der Waals surface area contributed by atoms with Crippen molar-refractivity contribution in [2.45, 2.75) is 6.92 Å². The number of methoxy groups -OCH3 is 1. The van der Waals surface area contributed by atoms with Gasteiger partial charge in [-0.05, 0) is 37.3 Å². The van der Waals surface area contributed by atoms with E-state index >= 15 is 0 Å². The zero-order valence-corrected chi connectivity index (χ0v) is 13.8. The van der Waals surface area contributed by atoms with Crippen LogP contribution in [-0.4, -0.2) is 30.0 Å². The molecule has 1 heterocycles. The van der Waals surface area contributed by atoms with Gasteiger partial charge in [-0.15, -0.1) is 0 Å². The highest BCUT2D eigenvalue weighted by Crippen LogP contribution is 2.23. The number of anilines is 1. The Morgan fingerprint density at radius 2 is 2.13 bits per heavy atom. The van der Waals surface area contributed by atoms with Crippen LogP contribution in [0.1, 0.15) is 12.5 Å². The third-order valence-electron chi connectivity index (χ3n) is 2.83. The van der Waals surface area contributed by atoms with Crippen LogP contribution in [-0.2, 0) is 0 Å². The number of hydrogen-bond donors (Lipinski definition) is 2. The quantitative estimate of drug-likeness (QED) is 0.482. The summed E-state index contributed by atoms with van der Waals surface area (Å²) < 4.78 is 10.7. The van der Waals surface area contributed by atoms with Gasteiger partial charge in [0.05, 0.1) is 31.2 Å². The van der Waals surface area contributed by atoms with E-state index in [9.17, 15) is 0 Å². The van der Waals surface area contributed by atoms with E-state index in [2.05, 4.69) is 20.8 Å². The van der Waals surface area contributed by atoms with E-state index in [1.54, 1.807) is 31.8 Å². The molecule has 0 amide bonds. The summed E-state index contributed by atoms with van der Waals surface area (Å²) in [5.74, 6) is 1.42. The molecule has 0 spiro atoms. The van der Waals surface area contributed by atoms with Gasteiger partial charge in [0.2, 0.25) is 0 Å². The summed E-state index contributed by atoms with van der Waals surface area (Å²) in [5, 5.41) is 7.48. The monoisotopic (exact) mass is 330 g/mol. The number of hydrogen-bond acceptors (Lipinski definition) is 5. The van der Waals surface area contributed by atoms with Crippen LogP contribution in [0, 0.1) is 0 Å². The molecule has 0 atom stereocenters. The molecule has 0 unspecified atom stereocenters. The maximum absolute atomic E-state index is 5.53. The van der Waals surface area contributed by atoms with E-state index in [1.165, 1.54) is 0 Å². The second-order valence-electron chi connectivity index (χ2n) is 4.37. The molecule has 0 radical (unpaired) electrons. The van der Waals surface area contributed by atoms with Gasteiger partial charge in [0.1, 0.15) is 11.5 Å². The number of thiocarbonyl (C=S) groups is 1. The number of nitrogens with one attached hydrogen (secondary N) is 2. The zero-order valence-electron chi connectivity index (χ0n) is 12.9. The van der Waals surface area contributed by atoms with Crippen LogP contribution in [0.25, 0.3) is 0 Å². The third kappa shape index (κ3) is 4.93. The van der Waals surface area contributed by atoms with Crippen LogP contribution in [0.15, 0.2) is 47.8 Å². The summed E-state index contributed by atoms with van der Waals surface area (Å²) in [4.78, 5) is 4.03. The van der Waals surface area contributed by atoms with E-state index in [0.717, 1.165) is 17.0 Å². The molecule has 0 saturated heterocycles. The number of nitrogens with zero attached hydrogens (tertiary/aromatic N) is 2. The van der Waals surface area contributed by atoms with Crippen molar-refractivity contribution in [3.05, 3.63) is 48.3 Å². The predicted octanol–water partition coefficient (Wildman–Crippen LogP) is 2.81. The lowest BCUT2D eigenvalue weighted by Crippen LogP contribution is -2.24. The molecule has 23 heavy (non-hydrogen) atoms. The summed E-state index contributed by atoms with van der Waals surface area (Å²) in [6.07, 6.45) is 4.90. The van der Waals surface area contributed by atoms with Crippen molar-refractivity contribution in [3.8, 4) is 11.5 Å². The van der Waals surface area contributed by atoms with Crippen LogP contribution in [0.4, 0.5) is 5.69 Å². The van der Waals surface area contributed by atoms with Crippen molar-refractivity contribution in [3.63, 3.8) is 0 Å². The Morgan fingerprint density at radius 1 is 1.30 bits per heavy atom. The summed E-state index contributed by atoms with van der Waals surface area (Å²) in [6.45, 7) is 2.51. The van der Waals surface area contributed by atoms with Gasteiger partial charge in [0.15, 0.2) is 5.11 Å². The molecule has 0 saturated carbocycles. The van der Waals surface area contributed by atoms with Crippen LogP contribution in [0.3, 0.4) is 0 Å². The Kier molecular flexibility index (Phi) is 6.31. The molecular formula is C16H18N4O2S. The predicted molar refractivity (Wildman–Crippen MR) is 95.4 cm³/mol. The molecule has 0 aliphatic carbocycles. The van der Waals surface area contributed by atoms with Crippen molar-refractivity contribution in [1.29, 1.82) is 0 Å². The number of aromatic nitrogens is 1. The maximum Gasteiger partial charge on any atom is 0.191 e. The third-order valence-corrected chi connectivity index (χ3v) is 3.03. The molecule has 0 aliphatic heterocycles. The normalized spacial score (nSPS) is 10.3. The molecule has 2 rings (SSSR count). The number of para-hydroxylation sites is 2. The summed E-state index contributed by atoms with van der Waals surface area (Å²) in [7, 11) is 1.59. The van der Waals surface area contributed by atoms with Gasteiger partial charge in [-0.1, -0.05) is 12.1 Å². The summed E-state index contributed by atoms with van der Waals surface area (Å²) >= 11 is 5.22. The van der Waals surface area contributed by atoms with E-state index in [1.807, 2.05) is 31.2 Å². The molecule has 2 N–H and O–H groups in total. The molecule has 0 bridgehead atoms. The Hall–Kier alpha value is -2.67. The Balaban J connectivity index is 1.96. The first-order chi connectivity index (χ1) is 11.2. The van der Waals surface area contributed by atoms with Gasteiger partial charge in [0, 0.05) is 12.4 Å². The standard InChI is InChI=1S/C16H18N4O2S/c1-3-22-15-7-5-4-6-13(15)19-16(23)20-18-11-12-10-17-9-8-14(12)21-2/h4-11H,3H2,1-2H3,(H2,19,20,23). The average Bonchev–Trinajstić information content (AvgIpc) is 2.57. The number of hydrazone groups is 1. The van der Waals surface area contributed by atoms with E-state index in [0.29, 0.717) is 17.5 Å². The minimum Gasteiger partial charge on any atom is -0.496 e. The lowest BCUT2D eigenvalue weighted by atomic mass is 10.3. The minimum absolute atomic E-state index is 0.358. The molecule has 2 aromatic rings. The molecule has 1 aromatic heterocycles. The highest BCUT2D eigenvalue weighted by Gasteiger charge is 2.04. The largest absolute Gasteiger partial charge is 0.496 e. The van der Waals surface area contributed by atoms with Crippen molar-refractivity contribution in [1.82, 2.24) is 10.4 Å². The molecule has 6 nitrogen and oxygen atoms in total. The van der Waals surface area contributed by atoms with Crippen molar-refractivity contribution < 1.29 is 9.47 Å². The Labute approximate surface area is 140 Å². The van der Waals surface area contributed by atoms with Crippen LogP contribution in [0.5, 0.6) is 11.5 Å². The Bertz CT molecular complexity index is 691. The maximum atomic E-state index is 5.53. The second kappa shape index (κ2) is 8.70. The van der Waals surface area contributed by atoms with Gasteiger partial charge in [0.25, 0.3) is 0 Å². The van der Waals surface area contributed by atoms with Crippen LogP contribution >= 0.6 is 12.2 Å². The van der Waals surface area contributed by atoms with Gasteiger partial charge < -0.3 is 14.8 Å². The molecule has 1 aromatic carbocycles. The van der Waals surface area contributed by atoms with E-state index in [4.69, 9.17) is 21.7 Å². The first-order valence-corrected chi connectivity index (χ1v) is 7.45. The smallest absolute Gasteiger partial charge is 0.191 e. The number of rotatable bonds is 6. The highest BCUT2D eigenvalue weighted by molar-refractivity contribution is 7.80. The van der Waals surface area contributed by atoms with Gasteiger partial charge in [-0.25, -0.2) is 0 Å². The first-order valence-electron chi connectivity index (χ1n) is 7.04. The first kappa shape index (κ1) is 16.7. The fourth-order valence-corrected chi connectivity index (χ4v) is 2.00. The lowest BCUT2D eigenvalue weighted by Gasteiger charge is -2.12. The van der Waals surface area contributed by atoms with Gasteiger partial charge in [-0.3, -0.25) is 10.4 Å². The van der Waals surface area contributed by atoms with Crippen molar-refractivity contribution in [2.24, 2.45) is 5.10 Å². The Morgan fingerprint density at radius 3 is 2.91 bits per heavy atom. The van der Waals surface area contributed by atoms with Crippen molar-refractivity contribution in [2.75, 3.05) is 19.0 Å². The lowest BCUT2D eigenvalue weighted by molar-refractivity contribution is 0.342. The fraction of sp³-hybridized carbons (Fsp3) is 0.188. The molecule has 120 valence electrons. The molecule has 7 heteroatoms. The van der Waals surface area contributed by atoms with Gasteiger partial charge in [-0.2, -0.15) is 5.10 Å². The number of benzene rings is 1. The molecular weight excluding hydrogens is 312 g/mol. The number of ether oxygens (including phenoxy) is 2. The molecule has 0 aliphatic rings. The highest BCUT2D eigenvalue weighted by atomic mass is 32.1. The minimum atomic E-state index is 0.358. The fourth-order valence-electron chi connectivity index (χ4n) is 1.84. The number of pyridine rings is 1. The summed E-state index contributed by atoms with van der Waals surface area (Å²) in [5.41, 5.74) is 4.28. The van der Waals surface area contributed by atoms with Crippen LogP contribution < -0.4 is 20.2 Å². The SMILES string of the molecule is CCOc1ccccc1NC(=S)NN=Cc1cnccc1OC. The second-order valence-corrected chi connectivity index (χ2v) is 4.78. The average molecular weight is 330 g/mol. The zero-order chi connectivity index (χ0) is 16.5.